The molecule has 4 saturated carbocycles. The first-order chi connectivity index (χ1) is 14.2. The molecule has 0 amide bonds. The molecule has 0 atom stereocenters. The Morgan fingerprint density at radius 2 is 1.24 bits per heavy atom. The average Bonchev–Trinajstić information content (AvgIpc) is 3.02. The third kappa shape index (κ3) is 2.06. The van der Waals surface area contributed by atoms with Gasteiger partial charge in [0.05, 0.1) is 0 Å². The van der Waals surface area contributed by atoms with Crippen LogP contribution in [0.25, 0.3) is 22.3 Å². The number of halogens is 1. The van der Waals surface area contributed by atoms with Gasteiger partial charge in [0.1, 0.15) is 0 Å². The highest BCUT2D eigenvalue weighted by atomic mass is 35.5. The maximum atomic E-state index is 6.60. The van der Waals surface area contributed by atoms with Gasteiger partial charge in [0.15, 0.2) is 0 Å². The second-order valence-corrected chi connectivity index (χ2v) is 10.4. The molecule has 3 aromatic rings. The van der Waals surface area contributed by atoms with Crippen LogP contribution in [0.4, 0.5) is 0 Å². The number of hydrogen-bond donors (Lipinski definition) is 0. The average molecular weight is 397 g/mol. The van der Waals surface area contributed by atoms with Crippen LogP contribution in [0.3, 0.4) is 0 Å². The highest BCUT2D eigenvalue weighted by Crippen LogP contribution is 2.69. The standard InChI is InChI=1S/C28H25Cl/c29-27-8-4-2-5-22(27)19-9-10-24-23-6-1-3-7-25(23)28(26(24)16-19)20-12-17-11-18(14-20)15-21(28)13-17/h1-10,16-18,20-21H,11-15H2. The van der Waals surface area contributed by atoms with Crippen LogP contribution < -0.4 is 0 Å². The zero-order chi connectivity index (χ0) is 19.2. The van der Waals surface area contributed by atoms with Gasteiger partial charge in [-0.05, 0) is 95.7 Å². The number of fused-ring (bicyclic) bond motifs is 3. The van der Waals surface area contributed by atoms with E-state index in [2.05, 4.69) is 54.6 Å². The number of hydrogen-bond acceptors (Lipinski definition) is 0. The van der Waals surface area contributed by atoms with Crippen LogP contribution in [-0.2, 0) is 5.41 Å². The summed E-state index contributed by atoms with van der Waals surface area (Å²) in [5.41, 5.74) is 8.85. The lowest BCUT2D eigenvalue weighted by molar-refractivity contribution is -0.0399. The van der Waals surface area contributed by atoms with E-state index in [1.54, 1.807) is 11.1 Å². The lowest BCUT2D eigenvalue weighted by Crippen LogP contribution is -2.55. The molecule has 0 nitrogen and oxygen atoms in total. The molecule has 0 aromatic heterocycles. The molecule has 1 heteroatoms. The smallest absolute Gasteiger partial charge is 0.0484 e. The summed E-state index contributed by atoms with van der Waals surface area (Å²) in [5.74, 6) is 3.57. The van der Waals surface area contributed by atoms with Crippen LogP contribution in [0, 0.1) is 23.7 Å². The third-order valence-corrected chi connectivity index (χ3v) is 9.07. The van der Waals surface area contributed by atoms with E-state index in [1.165, 1.54) is 48.8 Å². The normalized spacial score (nSPS) is 33.1. The molecule has 0 unspecified atom stereocenters. The van der Waals surface area contributed by atoms with Crippen LogP contribution in [0.15, 0.2) is 66.7 Å². The zero-order valence-corrected chi connectivity index (χ0v) is 17.3. The van der Waals surface area contributed by atoms with Gasteiger partial charge in [0, 0.05) is 16.0 Å². The van der Waals surface area contributed by atoms with Crippen molar-refractivity contribution in [1.29, 1.82) is 0 Å². The van der Waals surface area contributed by atoms with Crippen molar-refractivity contribution in [3.8, 4) is 22.3 Å². The summed E-state index contributed by atoms with van der Waals surface area (Å²) >= 11 is 6.60. The Morgan fingerprint density at radius 3 is 1.97 bits per heavy atom. The summed E-state index contributed by atoms with van der Waals surface area (Å²) in [5, 5.41) is 0.849. The van der Waals surface area contributed by atoms with Gasteiger partial charge < -0.3 is 0 Å². The van der Waals surface area contributed by atoms with Crippen LogP contribution in [0.1, 0.15) is 43.2 Å². The van der Waals surface area contributed by atoms with E-state index in [-0.39, 0.29) is 5.41 Å². The Morgan fingerprint density at radius 1 is 0.621 bits per heavy atom. The van der Waals surface area contributed by atoms with Gasteiger partial charge in [-0.2, -0.15) is 0 Å². The molecule has 0 N–H and O–H groups in total. The Hall–Kier alpha value is -2.05. The van der Waals surface area contributed by atoms with Crippen molar-refractivity contribution in [3.05, 3.63) is 82.9 Å². The molecular weight excluding hydrogens is 372 g/mol. The van der Waals surface area contributed by atoms with Crippen LogP contribution in [0.5, 0.6) is 0 Å². The van der Waals surface area contributed by atoms with Crippen LogP contribution in [0.2, 0.25) is 5.02 Å². The van der Waals surface area contributed by atoms with Crippen molar-refractivity contribution in [3.63, 3.8) is 0 Å². The molecule has 0 heterocycles. The molecule has 1 spiro atoms. The van der Waals surface area contributed by atoms with E-state index < -0.39 is 0 Å². The van der Waals surface area contributed by atoms with Crippen molar-refractivity contribution < 1.29 is 0 Å². The van der Waals surface area contributed by atoms with E-state index in [0.717, 1.165) is 34.3 Å². The molecule has 5 aliphatic rings. The lowest BCUT2D eigenvalue weighted by atomic mass is 9.43. The van der Waals surface area contributed by atoms with E-state index in [4.69, 9.17) is 11.6 Å². The minimum atomic E-state index is 0.233. The monoisotopic (exact) mass is 396 g/mol. The maximum Gasteiger partial charge on any atom is 0.0484 e. The Kier molecular flexibility index (Phi) is 3.32. The minimum Gasteiger partial charge on any atom is -0.0837 e. The molecule has 4 bridgehead atoms. The first-order valence-corrected chi connectivity index (χ1v) is 11.6. The SMILES string of the molecule is Clc1ccccc1-c1ccc2c(c1)C1(c3ccccc3-2)C2CC3CC(C2)CC1C3. The van der Waals surface area contributed by atoms with Gasteiger partial charge in [0.2, 0.25) is 0 Å². The molecular formula is C28H25Cl. The van der Waals surface area contributed by atoms with E-state index >= 15 is 0 Å². The van der Waals surface area contributed by atoms with Gasteiger partial charge in [0.25, 0.3) is 0 Å². The molecule has 3 aromatic carbocycles. The molecule has 5 aliphatic carbocycles. The fourth-order valence-corrected chi connectivity index (χ4v) is 8.26. The molecule has 4 fully saturated rings. The fourth-order valence-electron chi connectivity index (χ4n) is 8.02. The van der Waals surface area contributed by atoms with Gasteiger partial charge in [-0.3, -0.25) is 0 Å². The topological polar surface area (TPSA) is 0 Å². The predicted molar refractivity (Wildman–Crippen MR) is 120 cm³/mol. The fraction of sp³-hybridized carbons (Fsp3) is 0.357. The van der Waals surface area contributed by atoms with E-state index in [0.29, 0.717) is 0 Å². The van der Waals surface area contributed by atoms with Crippen molar-refractivity contribution in [2.24, 2.45) is 23.7 Å². The number of rotatable bonds is 1. The molecule has 0 saturated heterocycles. The maximum absolute atomic E-state index is 6.60. The summed E-state index contributed by atoms with van der Waals surface area (Å²) in [6.07, 6.45) is 7.21. The minimum absolute atomic E-state index is 0.233. The molecule has 29 heavy (non-hydrogen) atoms. The summed E-state index contributed by atoms with van der Waals surface area (Å²) in [7, 11) is 0. The zero-order valence-electron chi connectivity index (χ0n) is 16.6. The van der Waals surface area contributed by atoms with Crippen LogP contribution in [-0.4, -0.2) is 0 Å². The lowest BCUT2D eigenvalue weighted by Gasteiger charge is -2.61. The molecule has 0 radical (unpaired) electrons. The van der Waals surface area contributed by atoms with Gasteiger partial charge in [-0.25, -0.2) is 0 Å². The van der Waals surface area contributed by atoms with Crippen molar-refractivity contribution >= 4 is 11.6 Å². The van der Waals surface area contributed by atoms with E-state index in [1.807, 2.05) is 12.1 Å². The molecule has 144 valence electrons. The summed E-state index contributed by atoms with van der Waals surface area (Å²) in [6.45, 7) is 0. The molecule has 0 aliphatic heterocycles. The highest BCUT2D eigenvalue weighted by molar-refractivity contribution is 6.33. The van der Waals surface area contributed by atoms with Gasteiger partial charge >= 0.3 is 0 Å². The highest BCUT2D eigenvalue weighted by Gasteiger charge is 2.61. The van der Waals surface area contributed by atoms with Gasteiger partial charge in [-0.1, -0.05) is 66.2 Å². The van der Waals surface area contributed by atoms with Gasteiger partial charge in [-0.15, -0.1) is 0 Å². The Bertz CT molecular complexity index is 1110. The van der Waals surface area contributed by atoms with Crippen molar-refractivity contribution in [2.75, 3.05) is 0 Å². The van der Waals surface area contributed by atoms with E-state index in [9.17, 15) is 0 Å². The molecule has 8 rings (SSSR count). The quantitative estimate of drug-likeness (QED) is 0.394. The summed E-state index contributed by atoms with van der Waals surface area (Å²) < 4.78 is 0. The first-order valence-electron chi connectivity index (χ1n) is 11.2. The largest absolute Gasteiger partial charge is 0.0837 e. The van der Waals surface area contributed by atoms with Crippen LogP contribution >= 0.6 is 11.6 Å². The Balaban J connectivity index is 1.50. The Labute approximate surface area is 177 Å². The van der Waals surface area contributed by atoms with Crippen molar-refractivity contribution in [2.45, 2.75) is 37.5 Å². The third-order valence-electron chi connectivity index (χ3n) is 8.74. The second-order valence-electron chi connectivity index (χ2n) is 9.96. The first kappa shape index (κ1) is 16.7. The number of benzene rings is 3. The summed E-state index contributed by atoms with van der Waals surface area (Å²) in [4.78, 5) is 0. The van der Waals surface area contributed by atoms with Crippen molar-refractivity contribution in [1.82, 2.24) is 0 Å². The second kappa shape index (κ2) is 5.76. The summed E-state index contributed by atoms with van der Waals surface area (Å²) in [6, 6.07) is 24.8. The predicted octanol–water partition coefficient (Wildman–Crippen LogP) is 7.73.